The van der Waals surface area contributed by atoms with Gasteiger partial charge in [0.15, 0.2) is 0 Å². The summed E-state index contributed by atoms with van der Waals surface area (Å²) in [7, 11) is -2.00. The number of likely N-dealkylation sites (tertiary alicyclic amines) is 1. The van der Waals surface area contributed by atoms with Gasteiger partial charge in [0.05, 0.1) is 4.90 Å². The van der Waals surface area contributed by atoms with Crippen LogP contribution in [0.3, 0.4) is 0 Å². The lowest BCUT2D eigenvalue weighted by atomic mass is 9.89. The summed E-state index contributed by atoms with van der Waals surface area (Å²) in [5.41, 5.74) is 2.86. The van der Waals surface area contributed by atoms with Gasteiger partial charge in [-0.25, -0.2) is 17.1 Å². The highest BCUT2D eigenvalue weighted by molar-refractivity contribution is 7.89. The normalized spacial score (nSPS) is 16.0. The number of sulfonamides is 1. The fourth-order valence-corrected chi connectivity index (χ4v) is 6.20. The smallest absolute Gasteiger partial charge is 0.242 e. The van der Waals surface area contributed by atoms with E-state index in [-0.39, 0.29) is 29.0 Å². The molecule has 0 radical (unpaired) electrons. The van der Waals surface area contributed by atoms with Crippen LogP contribution in [0, 0.1) is 12.7 Å². The van der Waals surface area contributed by atoms with Gasteiger partial charge in [0, 0.05) is 13.6 Å². The van der Waals surface area contributed by atoms with E-state index in [4.69, 9.17) is 0 Å². The van der Waals surface area contributed by atoms with E-state index in [1.807, 2.05) is 6.07 Å². The Morgan fingerprint density at radius 1 is 0.972 bits per heavy atom. The van der Waals surface area contributed by atoms with Crippen molar-refractivity contribution in [2.75, 3.05) is 33.2 Å². The summed E-state index contributed by atoms with van der Waals surface area (Å²) in [5.74, 6) is 0.252. The van der Waals surface area contributed by atoms with Crippen LogP contribution in [-0.2, 0) is 10.0 Å². The molecular weight excluding hydrogens is 495 g/mol. The van der Waals surface area contributed by atoms with Gasteiger partial charge < -0.3 is 4.90 Å². The molecular formula is C29H36ClFN2O2S. The van der Waals surface area contributed by atoms with Crippen molar-refractivity contribution in [2.24, 2.45) is 0 Å². The van der Waals surface area contributed by atoms with Crippen molar-refractivity contribution < 1.29 is 12.8 Å². The molecule has 0 aliphatic carbocycles. The first-order chi connectivity index (χ1) is 16.8. The first-order valence-electron chi connectivity index (χ1n) is 12.4. The van der Waals surface area contributed by atoms with Gasteiger partial charge in [-0.2, -0.15) is 0 Å². The third kappa shape index (κ3) is 6.94. The molecule has 3 aromatic carbocycles. The lowest BCUT2D eigenvalue weighted by Crippen LogP contribution is -2.36. The average Bonchev–Trinajstić information content (AvgIpc) is 2.89. The number of nitrogens with zero attached hydrogens (tertiary/aromatic N) is 2. The maximum atomic E-state index is 14.4. The Balaban J connectivity index is 0.00000361. The molecule has 4 nitrogen and oxygen atoms in total. The molecule has 7 heteroatoms. The molecule has 0 aromatic heterocycles. The number of likely N-dealkylation sites (N-methyl/N-ethyl adjacent to an activating group) is 1. The second-order valence-electron chi connectivity index (χ2n) is 9.62. The van der Waals surface area contributed by atoms with Crippen molar-refractivity contribution in [3.63, 3.8) is 0 Å². The number of hydrogen-bond acceptors (Lipinski definition) is 3. The Kier molecular flexibility index (Phi) is 10.1. The maximum Gasteiger partial charge on any atom is 0.242 e. The molecule has 1 fully saturated rings. The molecule has 4 rings (SSSR count). The minimum Gasteiger partial charge on any atom is -0.303 e. The largest absolute Gasteiger partial charge is 0.303 e. The Morgan fingerprint density at radius 3 is 2.19 bits per heavy atom. The molecule has 0 unspecified atom stereocenters. The zero-order valence-electron chi connectivity index (χ0n) is 21.0. The molecule has 1 heterocycles. The van der Waals surface area contributed by atoms with E-state index in [9.17, 15) is 12.8 Å². The van der Waals surface area contributed by atoms with Crippen molar-refractivity contribution >= 4 is 22.4 Å². The van der Waals surface area contributed by atoms with Gasteiger partial charge in [0.1, 0.15) is 5.82 Å². The number of aryl methyl sites for hydroxylation is 1. The van der Waals surface area contributed by atoms with Gasteiger partial charge in [-0.3, -0.25) is 0 Å². The van der Waals surface area contributed by atoms with Crippen LogP contribution in [-0.4, -0.2) is 50.8 Å². The standard InChI is InChI=1S/C29H35FN2O2S.ClH/c1-23-13-14-26(21-29(23)30)27(22-31(2)35(33,34)28-11-7-4-8-12-28)17-20-32-18-15-25(16-19-32)24-9-5-3-6-10-24;/h3-14,21,25,27H,15-20,22H2,1-2H3;1H/t27-;/m0./s1. The molecule has 36 heavy (non-hydrogen) atoms. The Hall–Kier alpha value is -2.25. The molecule has 1 saturated heterocycles. The minimum atomic E-state index is -3.62. The van der Waals surface area contributed by atoms with Crippen molar-refractivity contribution in [1.82, 2.24) is 9.21 Å². The number of halogens is 2. The lowest BCUT2D eigenvalue weighted by Gasteiger charge is -2.33. The highest BCUT2D eigenvalue weighted by Gasteiger charge is 2.26. The summed E-state index contributed by atoms with van der Waals surface area (Å²) in [6.07, 6.45) is 3.01. The molecule has 0 saturated carbocycles. The van der Waals surface area contributed by atoms with Crippen molar-refractivity contribution in [3.8, 4) is 0 Å². The SMILES string of the molecule is Cc1ccc([C@@H](CCN2CCC(c3ccccc3)CC2)CN(C)S(=O)(=O)c2ccccc2)cc1F.Cl. The summed E-state index contributed by atoms with van der Waals surface area (Å²) in [6, 6.07) is 24.5. The second-order valence-corrected chi connectivity index (χ2v) is 11.7. The minimum absolute atomic E-state index is 0. The summed E-state index contributed by atoms with van der Waals surface area (Å²) in [5, 5.41) is 0. The Morgan fingerprint density at radius 2 is 1.58 bits per heavy atom. The highest BCUT2D eigenvalue weighted by Crippen LogP contribution is 2.30. The molecule has 0 spiro atoms. The lowest BCUT2D eigenvalue weighted by molar-refractivity contribution is 0.203. The van der Waals surface area contributed by atoms with Crippen molar-refractivity contribution in [2.45, 2.75) is 42.9 Å². The number of rotatable bonds is 9. The molecule has 1 aliphatic heterocycles. The van der Waals surface area contributed by atoms with Crippen LogP contribution >= 0.6 is 12.4 Å². The van der Waals surface area contributed by atoms with E-state index in [0.29, 0.717) is 18.0 Å². The second kappa shape index (κ2) is 12.8. The van der Waals surface area contributed by atoms with Crippen LogP contribution in [0.5, 0.6) is 0 Å². The first-order valence-corrected chi connectivity index (χ1v) is 13.8. The summed E-state index contributed by atoms with van der Waals surface area (Å²) in [4.78, 5) is 2.74. The van der Waals surface area contributed by atoms with Crippen molar-refractivity contribution in [1.29, 1.82) is 0 Å². The van der Waals surface area contributed by atoms with E-state index in [0.717, 1.165) is 44.5 Å². The highest BCUT2D eigenvalue weighted by atomic mass is 35.5. The van der Waals surface area contributed by atoms with Crippen LogP contribution < -0.4 is 0 Å². The fraction of sp³-hybridized carbons (Fsp3) is 0.379. The Bertz CT molecular complexity index is 1200. The Labute approximate surface area is 221 Å². The fourth-order valence-electron chi connectivity index (χ4n) is 4.96. The predicted octanol–water partition coefficient (Wildman–Crippen LogP) is 6.23. The molecule has 0 bridgehead atoms. The summed E-state index contributed by atoms with van der Waals surface area (Å²) in [6.45, 7) is 4.96. The molecule has 3 aromatic rings. The first kappa shape index (κ1) is 28.3. The quantitative estimate of drug-likeness (QED) is 0.329. The van der Waals surface area contributed by atoms with Crippen LogP contribution in [0.2, 0.25) is 0 Å². The molecule has 1 aliphatic rings. The third-order valence-electron chi connectivity index (χ3n) is 7.25. The number of piperidine rings is 1. The van der Waals surface area contributed by atoms with Gasteiger partial charge in [-0.1, -0.05) is 60.7 Å². The summed E-state index contributed by atoms with van der Waals surface area (Å²) >= 11 is 0. The van der Waals surface area contributed by atoms with Crippen LogP contribution in [0.15, 0.2) is 83.8 Å². The van der Waals surface area contributed by atoms with E-state index < -0.39 is 10.0 Å². The van der Waals surface area contributed by atoms with Gasteiger partial charge in [-0.15, -0.1) is 12.4 Å². The van der Waals surface area contributed by atoms with Gasteiger partial charge in [-0.05, 0) is 92.5 Å². The molecule has 1 atom stereocenters. The van der Waals surface area contributed by atoms with Crippen LogP contribution in [0.1, 0.15) is 47.8 Å². The van der Waals surface area contributed by atoms with Crippen LogP contribution in [0.4, 0.5) is 4.39 Å². The van der Waals surface area contributed by atoms with Crippen molar-refractivity contribution in [3.05, 3.63) is 101 Å². The monoisotopic (exact) mass is 530 g/mol. The topological polar surface area (TPSA) is 40.6 Å². The number of benzene rings is 3. The van der Waals surface area contributed by atoms with Crippen LogP contribution in [0.25, 0.3) is 0 Å². The summed E-state index contributed by atoms with van der Waals surface area (Å²) < 4.78 is 42.1. The van der Waals surface area contributed by atoms with E-state index in [1.165, 1.54) is 9.87 Å². The maximum absolute atomic E-state index is 14.4. The van der Waals surface area contributed by atoms with E-state index in [1.54, 1.807) is 56.4 Å². The zero-order valence-corrected chi connectivity index (χ0v) is 22.6. The van der Waals surface area contributed by atoms with E-state index >= 15 is 0 Å². The third-order valence-corrected chi connectivity index (χ3v) is 9.09. The molecule has 194 valence electrons. The zero-order chi connectivity index (χ0) is 24.8. The average molecular weight is 531 g/mol. The van der Waals surface area contributed by atoms with Gasteiger partial charge >= 0.3 is 0 Å². The predicted molar refractivity (Wildman–Crippen MR) is 147 cm³/mol. The molecule has 0 amide bonds. The molecule has 0 N–H and O–H groups in total. The number of hydrogen-bond donors (Lipinski definition) is 0. The van der Waals surface area contributed by atoms with Gasteiger partial charge in [0.2, 0.25) is 10.0 Å². The van der Waals surface area contributed by atoms with E-state index in [2.05, 4.69) is 35.2 Å². The van der Waals surface area contributed by atoms with Gasteiger partial charge in [0.25, 0.3) is 0 Å².